The van der Waals surface area contributed by atoms with E-state index < -0.39 is 10.1 Å². The number of hydrogen-bond donors (Lipinski definition) is 0. The number of rotatable bonds is 12. The minimum absolute atomic E-state index is 0.131. The minimum Gasteiger partial charge on any atom is -0.195 e. The van der Waals surface area contributed by atoms with Gasteiger partial charge in [-0.25, -0.2) is 0 Å². The molecule has 1 heterocycles. The molecule has 27 heavy (non-hydrogen) atoms. The van der Waals surface area contributed by atoms with Gasteiger partial charge in [-0.2, -0.15) is 13.1 Å². The maximum Gasteiger partial charge on any atom is 0.311 e. The highest BCUT2D eigenvalue weighted by atomic mass is 32.2. The van der Waals surface area contributed by atoms with E-state index in [-0.39, 0.29) is 10.7 Å². The SMILES string of the molecule is CCCCCCCCc1ccc(CC(C)[N+]2(OS(C)(=O)=O)CCCC2)cc1. The minimum atomic E-state index is -3.46. The summed E-state index contributed by atoms with van der Waals surface area (Å²) in [6.07, 6.45) is 13.2. The molecule has 0 aliphatic carbocycles. The van der Waals surface area contributed by atoms with E-state index in [4.69, 9.17) is 4.28 Å². The third-order valence-corrected chi connectivity index (χ3v) is 6.35. The first-order valence-corrected chi connectivity index (χ1v) is 12.5. The van der Waals surface area contributed by atoms with Gasteiger partial charge < -0.3 is 0 Å². The summed E-state index contributed by atoms with van der Waals surface area (Å²) in [6.45, 7) is 5.93. The van der Waals surface area contributed by atoms with Gasteiger partial charge in [-0.15, -0.1) is 0 Å². The lowest BCUT2D eigenvalue weighted by Gasteiger charge is -2.35. The maximum atomic E-state index is 11.7. The van der Waals surface area contributed by atoms with E-state index >= 15 is 0 Å². The number of aryl methyl sites for hydroxylation is 1. The lowest BCUT2D eigenvalue weighted by atomic mass is 10.0. The lowest BCUT2D eigenvalue weighted by molar-refractivity contribution is -1.09. The lowest BCUT2D eigenvalue weighted by Crippen LogP contribution is -2.53. The molecule has 5 heteroatoms. The van der Waals surface area contributed by atoms with E-state index in [9.17, 15) is 8.42 Å². The van der Waals surface area contributed by atoms with Crippen molar-refractivity contribution in [1.29, 1.82) is 0 Å². The van der Waals surface area contributed by atoms with Crippen LogP contribution < -0.4 is 0 Å². The molecule has 0 spiro atoms. The Hall–Kier alpha value is -0.910. The molecule has 1 saturated heterocycles. The molecule has 1 aliphatic heterocycles. The number of hydroxylamine groups is 3. The molecule has 0 amide bonds. The summed E-state index contributed by atoms with van der Waals surface area (Å²) in [6, 6.07) is 9.01. The van der Waals surface area contributed by atoms with Crippen LogP contribution in [0.25, 0.3) is 0 Å². The zero-order valence-corrected chi connectivity index (χ0v) is 18.3. The van der Waals surface area contributed by atoms with E-state index in [0.717, 1.165) is 45.0 Å². The first-order valence-electron chi connectivity index (χ1n) is 10.7. The van der Waals surface area contributed by atoms with Crippen molar-refractivity contribution in [2.24, 2.45) is 0 Å². The van der Waals surface area contributed by atoms with Crippen molar-refractivity contribution in [1.82, 2.24) is 0 Å². The zero-order chi connectivity index (χ0) is 19.8. The number of nitrogens with zero attached hydrogens (tertiary/aromatic N) is 1. The molecular formula is C22H38NO3S+. The van der Waals surface area contributed by atoms with Gasteiger partial charge in [-0.05, 0) is 30.9 Å². The van der Waals surface area contributed by atoms with Gasteiger partial charge in [0, 0.05) is 19.3 Å². The number of unbranched alkanes of at least 4 members (excludes halogenated alkanes) is 5. The summed E-state index contributed by atoms with van der Waals surface area (Å²) >= 11 is 0. The molecule has 0 N–H and O–H groups in total. The summed E-state index contributed by atoms with van der Waals surface area (Å²) in [5.74, 6) is 0. The molecule has 0 radical (unpaired) electrons. The van der Waals surface area contributed by atoms with Crippen LogP contribution in [0, 0.1) is 0 Å². The Bertz CT molecular complexity index is 649. The van der Waals surface area contributed by atoms with Crippen molar-refractivity contribution in [3.63, 3.8) is 0 Å². The van der Waals surface area contributed by atoms with E-state index in [1.165, 1.54) is 49.7 Å². The van der Waals surface area contributed by atoms with E-state index in [1.807, 2.05) is 0 Å². The summed E-state index contributed by atoms with van der Waals surface area (Å²) in [5, 5.41) is 0. The van der Waals surface area contributed by atoms with Gasteiger partial charge in [0.2, 0.25) is 0 Å². The average Bonchev–Trinajstić information content (AvgIpc) is 3.07. The van der Waals surface area contributed by atoms with Gasteiger partial charge in [0.15, 0.2) is 0 Å². The molecular weight excluding hydrogens is 358 g/mol. The van der Waals surface area contributed by atoms with Crippen molar-refractivity contribution in [3.8, 4) is 0 Å². The van der Waals surface area contributed by atoms with Crippen LogP contribution in [0.2, 0.25) is 0 Å². The molecule has 1 aromatic carbocycles. The van der Waals surface area contributed by atoms with Gasteiger partial charge in [-0.3, -0.25) is 0 Å². The summed E-state index contributed by atoms with van der Waals surface area (Å²) in [4.78, 5) is 0. The number of likely N-dealkylation sites (tertiary alicyclic amines) is 1. The Kier molecular flexibility index (Phi) is 8.77. The number of benzene rings is 1. The van der Waals surface area contributed by atoms with Gasteiger partial charge in [0.1, 0.15) is 19.1 Å². The van der Waals surface area contributed by atoms with Crippen LogP contribution in [-0.4, -0.2) is 38.5 Å². The van der Waals surface area contributed by atoms with Gasteiger partial charge in [-0.1, -0.05) is 67.6 Å². The second-order valence-electron chi connectivity index (χ2n) is 8.27. The smallest absolute Gasteiger partial charge is 0.195 e. The second kappa shape index (κ2) is 10.6. The van der Waals surface area contributed by atoms with Crippen molar-refractivity contribution in [2.45, 2.75) is 84.1 Å². The highest BCUT2D eigenvalue weighted by molar-refractivity contribution is 7.85. The highest BCUT2D eigenvalue weighted by Gasteiger charge is 2.43. The Morgan fingerprint density at radius 3 is 2.11 bits per heavy atom. The molecule has 2 rings (SSSR count). The first-order chi connectivity index (χ1) is 12.8. The van der Waals surface area contributed by atoms with E-state index in [0.29, 0.717) is 0 Å². The van der Waals surface area contributed by atoms with Crippen molar-refractivity contribution < 1.29 is 17.3 Å². The maximum absolute atomic E-state index is 11.7. The van der Waals surface area contributed by atoms with E-state index in [1.54, 1.807) is 0 Å². The fourth-order valence-corrected chi connectivity index (χ4v) is 5.02. The molecule has 154 valence electrons. The van der Waals surface area contributed by atoms with Gasteiger partial charge in [0.25, 0.3) is 0 Å². The largest absolute Gasteiger partial charge is 0.311 e. The molecule has 0 aromatic heterocycles. The Balaban J connectivity index is 1.85. The number of hydrogen-bond acceptors (Lipinski definition) is 3. The third kappa shape index (κ3) is 7.55. The van der Waals surface area contributed by atoms with E-state index in [2.05, 4.69) is 38.1 Å². The van der Waals surface area contributed by atoms with Crippen molar-refractivity contribution in [2.75, 3.05) is 19.3 Å². The molecule has 1 aromatic rings. The first kappa shape index (κ1) is 22.4. The fraction of sp³-hybridized carbons (Fsp3) is 0.727. The Morgan fingerprint density at radius 1 is 0.963 bits per heavy atom. The predicted molar refractivity (Wildman–Crippen MR) is 112 cm³/mol. The molecule has 4 nitrogen and oxygen atoms in total. The average molecular weight is 397 g/mol. The monoisotopic (exact) mass is 396 g/mol. The summed E-state index contributed by atoms with van der Waals surface area (Å²) in [5.41, 5.74) is 2.66. The Labute approximate surface area is 166 Å². The predicted octanol–water partition coefficient (Wildman–Crippen LogP) is 5.02. The summed E-state index contributed by atoms with van der Waals surface area (Å²) in [7, 11) is -3.46. The number of quaternary nitrogens is 1. The normalized spacial score (nSPS) is 17.9. The van der Waals surface area contributed by atoms with Gasteiger partial charge in [0.05, 0.1) is 6.26 Å². The van der Waals surface area contributed by atoms with Crippen LogP contribution in [0.5, 0.6) is 0 Å². The highest BCUT2D eigenvalue weighted by Crippen LogP contribution is 2.28. The van der Waals surface area contributed by atoms with Crippen LogP contribution in [0.15, 0.2) is 24.3 Å². The third-order valence-electron chi connectivity index (χ3n) is 5.78. The van der Waals surface area contributed by atoms with Crippen LogP contribution in [0.3, 0.4) is 0 Å². The van der Waals surface area contributed by atoms with Crippen LogP contribution >= 0.6 is 0 Å². The van der Waals surface area contributed by atoms with Crippen LogP contribution in [-0.2, 0) is 27.2 Å². The Morgan fingerprint density at radius 2 is 1.52 bits per heavy atom. The van der Waals surface area contributed by atoms with Crippen LogP contribution in [0.1, 0.15) is 76.3 Å². The molecule has 0 saturated carbocycles. The molecule has 1 aliphatic rings. The second-order valence-corrected chi connectivity index (χ2v) is 9.83. The molecule has 1 unspecified atom stereocenters. The molecule has 1 fully saturated rings. The fourth-order valence-electron chi connectivity index (χ4n) is 4.19. The molecule has 1 atom stereocenters. The van der Waals surface area contributed by atoms with Gasteiger partial charge >= 0.3 is 10.1 Å². The van der Waals surface area contributed by atoms with Crippen molar-refractivity contribution in [3.05, 3.63) is 35.4 Å². The molecule has 0 bridgehead atoms. The topological polar surface area (TPSA) is 43.4 Å². The zero-order valence-electron chi connectivity index (χ0n) is 17.5. The van der Waals surface area contributed by atoms with Crippen LogP contribution in [0.4, 0.5) is 0 Å². The quantitative estimate of drug-likeness (QED) is 0.368. The summed E-state index contributed by atoms with van der Waals surface area (Å²) < 4.78 is 29.3. The van der Waals surface area contributed by atoms with Crippen molar-refractivity contribution >= 4 is 10.1 Å². The standard InChI is InChI=1S/C22H38NO3S/c1-4-5-6-7-8-9-12-21-13-15-22(16-14-21)19-20(2)23(17-10-11-18-23)26-27(3,24)25/h13-16,20H,4-12,17-19H2,1-3H3/q+1.